The SMILES string of the molecule is O=C1CC(Cl)=NC=C1C(=O)Nc1ccc(F)c(C(F)(F)F)c1. The number of aliphatic imine (C=N–C) groups is 1. The van der Waals surface area contributed by atoms with Crippen molar-refractivity contribution in [2.24, 2.45) is 4.99 Å². The minimum Gasteiger partial charge on any atom is -0.322 e. The highest BCUT2D eigenvalue weighted by Gasteiger charge is 2.34. The smallest absolute Gasteiger partial charge is 0.322 e. The molecule has 4 nitrogen and oxygen atoms in total. The maximum absolute atomic E-state index is 13.1. The summed E-state index contributed by atoms with van der Waals surface area (Å²) in [5, 5.41) is 2.09. The van der Waals surface area contributed by atoms with Crippen LogP contribution in [0.25, 0.3) is 0 Å². The first-order chi connectivity index (χ1) is 10.2. The van der Waals surface area contributed by atoms with Gasteiger partial charge in [-0.05, 0) is 18.2 Å². The van der Waals surface area contributed by atoms with E-state index in [9.17, 15) is 27.2 Å². The van der Waals surface area contributed by atoms with Crippen LogP contribution in [0.15, 0.2) is 35.0 Å². The molecule has 0 bridgehead atoms. The second kappa shape index (κ2) is 5.88. The third kappa shape index (κ3) is 3.51. The minimum atomic E-state index is -4.90. The Labute approximate surface area is 126 Å². The van der Waals surface area contributed by atoms with E-state index in [1.807, 2.05) is 0 Å². The first kappa shape index (κ1) is 16.2. The number of hydrogen-bond acceptors (Lipinski definition) is 3. The van der Waals surface area contributed by atoms with Gasteiger partial charge in [0.2, 0.25) is 0 Å². The molecule has 0 aromatic heterocycles. The van der Waals surface area contributed by atoms with Gasteiger partial charge in [-0.15, -0.1) is 0 Å². The molecule has 1 aromatic rings. The number of benzene rings is 1. The molecule has 1 heterocycles. The van der Waals surface area contributed by atoms with Crippen LogP contribution in [-0.2, 0) is 15.8 Å². The van der Waals surface area contributed by atoms with Gasteiger partial charge < -0.3 is 5.32 Å². The van der Waals surface area contributed by atoms with Crippen LogP contribution in [0, 0.1) is 5.82 Å². The van der Waals surface area contributed by atoms with Gasteiger partial charge in [-0.2, -0.15) is 13.2 Å². The van der Waals surface area contributed by atoms with Crippen molar-refractivity contribution >= 4 is 34.1 Å². The van der Waals surface area contributed by atoms with Gasteiger partial charge in [-0.3, -0.25) is 9.59 Å². The number of ketones is 1. The molecule has 9 heteroatoms. The Hall–Kier alpha value is -2.22. The molecular formula is C13H7ClF4N2O2. The van der Waals surface area contributed by atoms with Gasteiger partial charge >= 0.3 is 6.18 Å². The van der Waals surface area contributed by atoms with Gasteiger partial charge in [0.05, 0.1) is 12.0 Å². The summed E-state index contributed by atoms with van der Waals surface area (Å²) in [6.45, 7) is 0. The van der Waals surface area contributed by atoms with Crippen LogP contribution in [0.1, 0.15) is 12.0 Å². The predicted molar refractivity (Wildman–Crippen MR) is 71.0 cm³/mol. The number of carbonyl (C=O) groups is 2. The van der Waals surface area contributed by atoms with Crippen molar-refractivity contribution in [2.75, 3.05) is 5.32 Å². The van der Waals surface area contributed by atoms with E-state index in [-0.39, 0.29) is 22.9 Å². The van der Waals surface area contributed by atoms with Crippen molar-refractivity contribution in [2.45, 2.75) is 12.6 Å². The third-order valence-electron chi connectivity index (χ3n) is 2.71. The molecule has 1 aliphatic rings. The fourth-order valence-corrected chi connectivity index (χ4v) is 1.85. The average molecular weight is 335 g/mol. The lowest BCUT2D eigenvalue weighted by molar-refractivity contribution is -0.140. The molecule has 1 aliphatic heterocycles. The second-order valence-corrected chi connectivity index (χ2v) is 4.73. The molecular weight excluding hydrogens is 328 g/mol. The largest absolute Gasteiger partial charge is 0.419 e. The lowest BCUT2D eigenvalue weighted by Crippen LogP contribution is -2.23. The summed E-state index contributed by atoms with van der Waals surface area (Å²) in [5.74, 6) is -3.02. The quantitative estimate of drug-likeness (QED) is 0.666. The Morgan fingerprint density at radius 2 is 2.00 bits per heavy atom. The van der Waals surface area contributed by atoms with Gasteiger partial charge in [0.25, 0.3) is 5.91 Å². The summed E-state index contributed by atoms with van der Waals surface area (Å²) < 4.78 is 50.9. The van der Waals surface area contributed by atoms with Crippen molar-refractivity contribution < 1.29 is 27.2 Å². The fourth-order valence-electron chi connectivity index (χ4n) is 1.68. The maximum Gasteiger partial charge on any atom is 0.419 e. The van der Waals surface area contributed by atoms with Crippen molar-refractivity contribution in [1.29, 1.82) is 0 Å². The number of nitrogens with zero attached hydrogens (tertiary/aromatic N) is 1. The number of carbonyl (C=O) groups excluding carboxylic acids is 2. The van der Waals surface area contributed by atoms with Gasteiger partial charge in [0, 0.05) is 11.9 Å². The molecule has 1 aromatic carbocycles. The first-order valence-electron chi connectivity index (χ1n) is 5.82. The highest BCUT2D eigenvalue weighted by molar-refractivity contribution is 6.67. The van der Waals surface area contributed by atoms with E-state index in [1.54, 1.807) is 0 Å². The third-order valence-corrected chi connectivity index (χ3v) is 2.95. The average Bonchev–Trinajstić information content (AvgIpc) is 2.39. The molecule has 116 valence electrons. The molecule has 0 radical (unpaired) electrons. The van der Waals surface area contributed by atoms with Crippen LogP contribution in [0.4, 0.5) is 23.2 Å². The Kier molecular flexibility index (Phi) is 4.32. The Balaban J connectivity index is 2.25. The standard InChI is InChI=1S/C13H7ClF4N2O2/c14-11-4-10(21)7(5-19-11)12(22)20-6-1-2-9(15)8(3-6)13(16,17)18/h1-3,5H,4H2,(H,20,22). The first-order valence-corrected chi connectivity index (χ1v) is 6.20. The number of amides is 1. The number of rotatable bonds is 2. The van der Waals surface area contributed by atoms with E-state index < -0.39 is 29.2 Å². The Bertz CT molecular complexity index is 710. The molecule has 0 fully saturated rings. The summed E-state index contributed by atoms with van der Waals surface area (Å²) in [4.78, 5) is 27.0. The van der Waals surface area contributed by atoms with Gasteiger partial charge in [0.1, 0.15) is 16.6 Å². The monoisotopic (exact) mass is 334 g/mol. The number of Topliss-reactive ketones (excluding diaryl/α,β-unsaturated/α-hetero) is 1. The van der Waals surface area contributed by atoms with E-state index in [0.29, 0.717) is 12.1 Å². The van der Waals surface area contributed by atoms with Crippen LogP contribution in [0.5, 0.6) is 0 Å². The number of alkyl halides is 3. The summed E-state index contributed by atoms with van der Waals surface area (Å²) in [6, 6.07) is 1.97. The van der Waals surface area contributed by atoms with Crippen LogP contribution < -0.4 is 5.32 Å². The highest BCUT2D eigenvalue weighted by atomic mass is 35.5. The fraction of sp³-hybridized carbons (Fsp3) is 0.154. The minimum absolute atomic E-state index is 0.00249. The molecule has 0 spiro atoms. The molecule has 0 aliphatic carbocycles. The Morgan fingerprint density at radius 3 is 2.59 bits per heavy atom. The zero-order valence-electron chi connectivity index (χ0n) is 10.7. The molecule has 1 amide bonds. The Morgan fingerprint density at radius 1 is 1.32 bits per heavy atom. The second-order valence-electron chi connectivity index (χ2n) is 4.29. The summed E-state index contributed by atoms with van der Waals surface area (Å²) in [6.07, 6.45) is -4.24. The number of halogens is 5. The molecule has 1 N–H and O–H groups in total. The molecule has 0 unspecified atom stereocenters. The van der Waals surface area contributed by atoms with E-state index >= 15 is 0 Å². The summed E-state index contributed by atoms with van der Waals surface area (Å²) in [7, 11) is 0. The molecule has 2 rings (SSSR count). The van der Waals surface area contributed by atoms with Gasteiger partial charge in [-0.1, -0.05) is 11.6 Å². The molecule has 0 saturated heterocycles. The van der Waals surface area contributed by atoms with Crippen molar-refractivity contribution in [3.63, 3.8) is 0 Å². The van der Waals surface area contributed by atoms with E-state index in [1.165, 1.54) is 0 Å². The van der Waals surface area contributed by atoms with Crippen molar-refractivity contribution in [3.05, 3.63) is 41.4 Å². The van der Waals surface area contributed by atoms with Crippen LogP contribution in [0.2, 0.25) is 0 Å². The zero-order chi connectivity index (χ0) is 16.5. The number of hydrogen-bond donors (Lipinski definition) is 1. The van der Waals surface area contributed by atoms with Crippen molar-refractivity contribution in [1.82, 2.24) is 0 Å². The molecule has 0 saturated carbocycles. The summed E-state index contributed by atoms with van der Waals surface area (Å²) in [5.41, 5.74) is -2.16. The van der Waals surface area contributed by atoms with E-state index in [0.717, 1.165) is 12.3 Å². The van der Waals surface area contributed by atoms with E-state index in [2.05, 4.69) is 10.3 Å². The maximum atomic E-state index is 13.1. The number of anilines is 1. The summed E-state index contributed by atoms with van der Waals surface area (Å²) >= 11 is 5.52. The van der Waals surface area contributed by atoms with Gasteiger partial charge in [-0.25, -0.2) is 9.38 Å². The zero-order valence-corrected chi connectivity index (χ0v) is 11.4. The molecule has 22 heavy (non-hydrogen) atoms. The lowest BCUT2D eigenvalue weighted by Gasteiger charge is -2.12. The predicted octanol–water partition coefficient (Wildman–Crippen LogP) is 3.28. The van der Waals surface area contributed by atoms with Gasteiger partial charge in [0.15, 0.2) is 5.78 Å². The van der Waals surface area contributed by atoms with Crippen molar-refractivity contribution in [3.8, 4) is 0 Å². The van der Waals surface area contributed by atoms with E-state index in [4.69, 9.17) is 11.6 Å². The number of nitrogens with one attached hydrogen (secondary N) is 1. The highest BCUT2D eigenvalue weighted by Crippen LogP contribution is 2.33. The van der Waals surface area contributed by atoms with Crippen LogP contribution in [-0.4, -0.2) is 16.9 Å². The van der Waals surface area contributed by atoms with Crippen LogP contribution in [0.3, 0.4) is 0 Å². The van der Waals surface area contributed by atoms with Crippen LogP contribution >= 0.6 is 11.6 Å². The molecule has 0 atom stereocenters. The topological polar surface area (TPSA) is 58.5 Å². The lowest BCUT2D eigenvalue weighted by atomic mass is 10.1. The normalized spacial score (nSPS) is 15.2.